The Morgan fingerprint density at radius 2 is 2.00 bits per heavy atom. The van der Waals surface area contributed by atoms with Crippen LogP contribution in [0.2, 0.25) is 5.02 Å². The van der Waals surface area contributed by atoms with Crippen LogP contribution in [0.1, 0.15) is 43.5 Å². The number of halogens is 2. The molecule has 0 aromatic heterocycles. The van der Waals surface area contributed by atoms with Gasteiger partial charge in [0.05, 0.1) is 29.5 Å². The summed E-state index contributed by atoms with van der Waals surface area (Å²) in [5.74, 6) is 0.222. The third kappa shape index (κ3) is 3.44. The molecular weight excluding hydrogens is 351 g/mol. The fraction of sp³-hybridized carbons (Fsp3) is 0.588. The van der Waals surface area contributed by atoms with Crippen LogP contribution in [0.4, 0.5) is 5.69 Å². The van der Waals surface area contributed by atoms with Crippen LogP contribution in [0.25, 0.3) is 0 Å². The maximum absolute atomic E-state index is 12.7. The number of nitrogen functional groups attached to an aromatic ring is 1. The predicted molar refractivity (Wildman–Crippen MR) is 99.3 cm³/mol. The highest BCUT2D eigenvalue weighted by Crippen LogP contribution is 2.48. The molecule has 2 rings (SSSR count). The molecule has 1 amide bonds. The zero-order valence-corrected chi connectivity index (χ0v) is 16.1. The molecule has 5 nitrogen and oxygen atoms in total. The molecule has 24 heavy (non-hydrogen) atoms. The standard InChI is InChI=1S/C17H25ClN2O3.ClH/c1-5-17(6-2)14(9-15(17)23-4)20-16(21)10-7-11(18)12(19)8-13(10)22-3;/h7-8,14-15H,5-6,9,19H2,1-4H3,(H,20,21);1H. The molecule has 0 heterocycles. The van der Waals surface area contributed by atoms with Gasteiger partial charge in [0.1, 0.15) is 5.75 Å². The Hall–Kier alpha value is -1.17. The summed E-state index contributed by atoms with van der Waals surface area (Å²) in [4.78, 5) is 12.7. The van der Waals surface area contributed by atoms with Gasteiger partial charge in [0.25, 0.3) is 5.91 Å². The number of hydrogen-bond donors (Lipinski definition) is 2. The van der Waals surface area contributed by atoms with Crippen LogP contribution in [0.15, 0.2) is 12.1 Å². The van der Waals surface area contributed by atoms with Crippen molar-refractivity contribution in [2.24, 2.45) is 5.41 Å². The number of methoxy groups -OCH3 is 2. The van der Waals surface area contributed by atoms with Crippen molar-refractivity contribution in [3.8, 4) is 5.75 Å². The van der Waals surface area contributed by atoms with Crippen molar-refractivity contribution in [3.63, 3.8) is 0 Å². The molecule has 0 radical (unpaired) electrons. The lowest BCUT2D eigenvalue weighted by Gasteiger charge is -2.55. The quantitative estimate of drug-likeness (QED) is 0.742. The van der Waals surface area contributed by atoms with E-state index in [0.717, 1.165) is 19.3 Å². The summed E-state index contributed by atoms with van der Waals surface area (Å²) >= 11 is 6.05. The third-order valence-electron chi connectivity index (χ3n) is 5.25. The van der Waals surface area contributed by atoms with E-state index in [4.69, 9.17) is 26.8 Å². The van der Waals surface area contributed by atoms with Gasteiger partial charge in [-0.2, -0.15) is 0 Å². The number of carbonyl (C=O) groups excluding carboxylic acids is 1. The molecule has 1 aromatic rings. The van der Waals surface area contributed by atoms with Crippen LogP contribution in [-0.2, 0) is 4.74 Å². The Morgan fingerprint density at radius 1 is 1.38 bits per heavy atom. The zero-order chi connectivity index (χ0) is 17.2. The van der Waals surface area contributed by atoms with Crippen molar-refractivity contribution < 1.29 is 14.3 Å². The van der Waals surface area contributed by atoms with Gasteiger partial charge < -0.3 is 20.5 Å². The number of nitrogens with two attached hydrogens (primary N) is 1. The minimum atomic E-state index is -0.199. The van der Waals surface area contributed by atoms with Gasteiger partial charge in [-0.25, -0.2) is 0 Å². The van der Waals surface area contributed by atoms with E-state index in [1.165, 1.54) is 7.11 Å². The first-order chi connectivity index (χ1) is 10.9. The summed E-state index contributed by atoms with van der Waals surface area (Å²) in [5.41, 5.74) is 6.53. The van der Waals surface area contributed by atoms with Gasteiger partial charge in [0.15, 0.2) is 0 Å². The smallest absolute Gasteiger partial charge is 0.255 e. The van der Waals surface area contributed by atoms with Gasteiger partial charge in [-0.15, -0.1) is 12.4 Å². The summed E-state index contributed by atoms with van der Waals surface area (Å²) in [7, 11) is 3.23. The summed E-state index contributed by atoms with van der Waals surface area (Å²) < 4.78 is 10.8. The van der Waals surface area contributed by atoms with Crippen molar-refractivity contribution in [1.29, 1.82) is 0 Å². The number of anilines is 1. The summed E-state index contributed by atoms with van der Waals surface area (Å²) in [5, 5.41) is 3.46. The maximum atomic E-state index is 12.7. The summed E-state index contributed by atoms with van der Waals surface area (Å²) in [6, 6.07) is 3.20. The molecule has 1 fully saturated rings. The van der Waals surface area contributed by atoms with Crippen molar-refractivity contribution >= 4 is 35.6 Å². The van der Waals surface area contributed by atoms with E-state index in [2.05, 4.69) is 19.2 Å². The van der Waals surface area contributed by atoms with E-state index < -0.39 is 0 Å². The fourth-order valence-corrected chi connectivity index (χ4v) is 3.79. The Balaban J connectivity index is 0.00000288. The van der Waals surface area contributed by atoms with Crippen LogP contribution in [0.3, 0.4) is 0 Å². The van der Waals surface area contributed by atoms with E-state index in [-0.39, 0.29) is 35.9 Å². The van der Waals surface area contributed by atoms with Crippen molar-refractivity contribution in [2.45, 2.75) is 45.3 Å². The van der Waals surface area contributed by atoms with Gasteiger partial charge in [0, 0.05) is 24.6 Å². The third-order valence-corrected chi connectivity index (χ3v) is 5.58. The predicted octanol–water partition coefficient (Wildman–Crippen LogP) is 3.68. The lowest BCUT2D eigenvalue weighted by molar-refractivity contribution is -0.120. The Labute approximate surface area is 154 Å². The number of rotatable bonds is 6. The van der Waals surface area contributed by atoms with Gasteiger partial charge in [-0.3, -0.25) is 4.79 Å². The van der Waals surface area contributed by atoms with E-state index in [0.29, 0.717) is 22.0 Å². The van der Waals surface area contributed by atoms with Crippen LogP contribution in [0.5, 0.6) is 5.75 Å². The van der Waals surface area contributed by atoms with Crippen LogP contribution < -0.4 is 15.8 Å². The van der Waals surface area contributed by atoms with E-state index in [1.807, 2.05) is 0 Å². The first-order valence-corrected chi connectivity index (χ1v) is 8.27. The van der Waals surface area contributed by atoms with Crippen LogP contribution >= 0.6 is 24.0 Å². The molecule has 1 saturated carbocycles. The lowest BCUT2D eigenvalue weighted by atomic mass is 9.58. The Morgan fingerprint density at radius 3 is 2.50 bits per heavy atom. The first-order valence-electron chi connectivity index (χ1n) is 7.90. The Bertz CT molecular complexity index is 591. The van der Waals surface area contributed by atoms with Gasteiger partial charge in [0.2, 0.25) is 0 Å². The number of hydrogen-bond acceptors (Lipinski definition) is 4. The highest BCUT2D eigenvalue weighted by atomic mass is 35.5. The van der Waals surface area contributed by atoms with E-state index in [9.17, 15) is 4.79 Å². The zero-order valence-electron chi connectivity index (χ0n) is 14.5. The van der Waals surface area contributed by atoms with Crippen LogP contribution in [-0.4, -0.2) is 32.3 Å². The van der Waals surface area contributed by atoms with Gasteiger partial charge in [-0.05, 0) is 25.3 Å². The normalized spacial score (nSPS) is 21.4. The summed E-state index contributed by atoms with van der Waals surface area (Å²) in [6.07, 6.45) is 2.90. The van der Waals surface area contributed by atoms with Crippen molar-refractivity contribution in [1.82, 2.24) is 5.32 Å². The molecule has 0 bridgehead atoms. The first kappa shape index (κ1) is 20.9. The molecule has 136 valence electrons. The topological polar surface area (TPSA) is 73.6 Å². The molecule has 7 heteroatoms. The number of benzene rings is 1. The number of ether oxygens (including phenoxy) is 2. The van der Waals surface area contributed by atoms with E-state index >= 15 is 0 Å². The second-order valence-electron chi connectivity index (χ2n) is 6.00. The molecule has 0 aliphatic heterocycles. The molecule has 0 saturated heterocycles. The van der Waals surface area contributed by atoms with Crippen molar-refractivity contribution in [2.75, 3.05) is 20.0 Å². The SMILES string of the molecule is CCC1(CC)C(NC(=O)c2cc(Cl)c(N)cc2OC)CC1OC.Cl. The molecule has 2 unspecified atom stereocenters. The molecule has 1 aliphatic carbocycles. The molecule has 1 aliphatic rings. The average Bonchev–Trinajstić information content (AvgIpc) is 2.54. The summed E-state index contributed by atoms with van der Waals surface area (Å²) in [6.45, 7) is 4.27. The van der Waals surface area contributed by atoms with Gasteiger partial charge >= 0.3 is 0 Å². The fourth-order valence-electron chi connectivity index (χ4n) is 3.63. The lowest BCUT2D eigenvalue weighted by Crippen LogP contribution is -2.64. The average molecular weight is 377 g/mol. The second kappa shape index (κ2) is 8.28. The maximum Gasteiger partial charge on any atom is 0.255 e. The number of carbonyl (C=O) groups is 1. The highest BCUT2D eigenvalue weighted by molar-refractivity contribution is 6.33. The monoisotopic (exact) mass is 376 g/mol. The second-order valence-corrected chi connectivity index (χ2v) is 6.41. The molecular formula is C17H26Cl2N2O3. The van der Waals surface area contributed by atoms with E-state index in [1.54, 1.807) is 19.2 Å². The number of nitrogens with one attached hydrogen (secondary N) is 1. The van der Waals surface area contributed by atoms with Crippen molar-refractivity contribution in [3.05, 3.63) is 22.7 Å². The molecule has 3 N–H and O–H groups in total. The molecule has 1 aromatic carbocycles. The molecule has 0 spiro atoms. The van der Waals surface area contributed by atoms with Crippen LogP contribution in [0, 0.1) is 5.41 Å². The minimum Gasteiger partial charge on any atom is -0.496 e. The Kier molecular flexibility index (Phi) is 7.20. The minimum absolute atomic E-state index is 0. The largest absolute Gasteiger partial charge is 0.496 e. The van der Waals surface area contributed by atoms with Gasteiger partial charge in [-0.1, -0.05) is 25.4 Å². The highest BCUT2D eigenvalue weighted by Gasteiger charge is 2.53. The molecule has 2 atom stereocenters. The number of amides is 1.